The first-order valence-electron chi connectivity index (χ1n) is 6.48. The van der Waals surface area contributed by atoms with Gasteiger partial charge in [-0.25, -0.2) is 0 Å². The summed E-state index contributed by atoms with van der Waals surface area (Å²) < 4.78 is 0. The lowest BCUT2D eigenvalue weighted by atomic mass is 10.0. The van der Waals surface area contributed by atoms with E-state index in [1.807, 2.05) is 11.8 Å². The maximum atomic E-state index is 12.2. The highest BCUT2D eigenvalue weighted by Crippen LogP contribution is 2.23. The van der Waals surface area contributed by atoms with Gasteiger partial charge in [0.1, 0.15) is 5.82 Å². The number of aromatic nitrogens is 2. The van der Waals surface area contributed by atoms with Crippen LogP contribution in [0.15, 0.2) is 12.1 Å². The van der Waals surface area contributed by atoms with Crippen LogP contribution in [0.5, 0.6) is 0 Å². The Bertz CT molecular complexity index is 408. The van der Waals surface area contributed by atoms with E-state index in [9.17, 15) is 4.79 Å². The molecule has 5 heteroatoms. The quantitative estimate of drug-likeness (QED) is 0.883. The molecule has 0 aromatic carbocycles. The molecule has 0 spiro atoms. The molecule has 1 aromatic heterocycles. The molecule has 0 aliphatic carbocycles. The zero-order valence-corrected chi connectivity index (χ0v) is 11.2. The smallest absolute Gasteiger partial charge is 0.274 e. The third kappa shape index (κ3) is 2.60. The molecule has 2 unspecified atom stereocenters. The third-order valence-corrected chi connectivity index (χ3v) is 3.52. The highest BCUT2D eigenvalue weighted by molar-refractivity contribution is 5.92. The van der Waals surface area contributed by atoms with E-state index in [4.69, 9.17) is 0 Å². The number of anilines is 1. The predicted molar refractivity (Wildman–Crippen MR) is 70.4 cm³/mol. The normalized spacial score (nSPS) is 23.2. The number of amides is 1. The summed E-state index contributed by atoms with van der Waals surface area (Å²) in [6.45, 7) is 8.78. The summed E-state index contributed by atoms with van der Waals surface area (Å²) in [4.78, 5) is 14.1. The Morgan fingerprint density at radius 3 is 2.50 bits per heavy atom. The van der Waals surface area contributed by atoms with E-state index < -0.39 is 0 Å². The van der Waals surface area contributed by atoms with Crippen LogP contribution in [-0.2, 0) is 0 Å². The zero-order chi connectivity index (χ0) is 13.1. The van der Waals surface area contributed by atoms with Gasteiger partial charge in [0.15, 0.2) is 5.69 Å². The van der Waals surface area contributed by atoms with Crippen LogP contribution in [0.25, 0.3) is 0 Å². The molecule has 1 fully saturated rings. The Labute approximate surface area is 108 Å². The summed E-state index contributed by atoms with van der Waals surface area (Å²) in [5.74, 6) is 1.81. The zero-order valence-electron chi connectivity index (χ0n) is 11.2. The molecule has 1 amide bonds. The van der Waals surface area contributed by atoms with Crippen LogP contribution in [0.1, 0.15) is 31.3 Å². The van der Waals surface area contributed by atoms with Crippen LogP contribution < -0.4 is 5.32 Å². The number of carbonyl (C=O) groups is 1. The number of nitrogens with zero attached hydrogens (tertiary/aromatic N) is 3. The Morgan fingerprint density at radius 2 is 2.00 bits per heavy atom. The molecule has 2 heterocycles. The van der Waals surface area contributed by atoms with Gasteiger partial charge < -0.3 is 10.2 Å². The summed E-state index contributed by atoms with van der Waals surface area (Å²) >= 11 is 0. The van der Waals surface area contributed by atoms with Crippen molar-refractivity contribution in [2.75, 3.05) is 25.0 Å². The van der Waals surface area contributed by atoms with Crippen molar-refractivity contribution in [1.29, 1.82) is 0 Å². The van der Waals surface area contributed by atoms with E-state index >= 15 is 0 Å². The van der Waals surface area contributed by atoms with Gasteiger partial charge >= 0.3 is 0 Å². The van der Waals surface area contributed by atoms with E-state index in [1.54, 1.807) is 12.1 Å². The molecule has 0 radical (unpaired) electrons. The molecular weight excluding hydrogens is 228 g/mol. The second-order valence-electron chi connectivity index (χ2n) is 5.00. The average molecular weight is 248 g/mol. The SMILES string of the molecule is CCNc1ccc(C(=O)N2CC(C)C(C)C2)nn1. The molecule has 98 valence electrons. The Kier molecular flexibility index (Phi) is 3.79. The van der Waals surface area contributed by atoms with Gasteiger partial charge in [-0.05, 0) is 30.9 Å². The van der Waals surface area contributed by atoms with Gasteiger partial charge in [-0.3, -0.25) is 4.79 Å². The monoisotopic (exact) mass is 248 g/mol. The highest BCUT2D eigenvalue weighted by atomic mass is 16.2. The summed E-state index contributed by atoms with van der Waals surface area (Å²) in [5.41, 5.74) is 0.429. The Balaban J connectivity index is 2.05. The topological polar surface area (TPSA) is 58.1 Å². The van der Waals surface area contributed by atoms with Gasteiger partial charge in [-0.1, -0.05) is 13.8 Å². The number of carbonyl (C=O) groups excluding carboxylic acids is 1. The van der Waals surface area contributed by atoms with Crippen molar-refractivity contribution in [3.8, 4) is 0 Å². The minimum atomic E-state index is -0.0123. The molecule has 18 heavy (non-hydrogen) atoms. The van der Waals surface area contributed by atoms with Gasteiger partial charge in [0.2, 0.25) is 0 Å². The molecule has 1 N–H and O–H groups in total. The number of nitrogens with one attached hydrogen (secondary N) is 1. The number of hydrogen-bond donors (Lipinski definition) is 1. The number of rotatable bonds is 3. The fourth-order valence-corrected chi connectivity index (χ4v) is 2.18. The van der Waals surface area contributed by atoms with Crippen molar-refractivity contribution in [2.24, 2.45) is 11.8 Å². The molecule has 2 atom stereocenters. The van der Waals surface area contributed by atoms with Crippen molar-refractivity contribution in [2.45, 2.75) is 20.8 Å². The standard InChI is InChI=1S/C13H20N4O/c1-4-14-12-6-5-11(15-16-12)13(18)17-7-9(2)10(3)8-17/h5-6,9-10H,4,7-8H2,1-3H3,(H,14,16). The van der Waals surface area contributed by atoms with Crippen molar-refractivity contribution >= 4 is 11.7 Å². The summed E-state index contributed by atoms with van der Waals surface area (Å²) in [5, 5.41) is 11.0. The minimum Gasteiger partial charge on any atom is -0.369 e. The largest absolute Gasteiger partial charge is 0.369 e. The van der Waals surface area contributed by atoms with Crippen LogP contribution >= 0.6 is 0 Å². The molecular formula is C13H20N4O. The molecule has 5 nitrogen and oxygen atoms in total. The maximum absolute atomic E-state index is 12.2. The Morgan fingerprint density at radius 1 is 1.33 bits per heavy atom. The first kappa shape index (κ1) is 12.8. The average Bonchev–Trinajstić information content (AvgIpc) is 2.70. The van der Waals surface area contributed by atoms with Crippen LogP contribution in [0, 0.1) is 11.8 Å². The van der Waals surface area contributed by atoms with Gasteiger partial charge in [0, 0.05) is 19.6 Å². The molecule has 0 bridgehead atoms. The van der Waals surface area contributed by atoms with E-state index in [0.29, 0.717) is 23.3 Å². The van der Waals surface area contributed by atoms with Crippen LogP contribution in [0.4, 0.5) is 5.82 Å². The summed E-state index contributed by atoms with van der Waals surface area (Å²) in [6, 6.07) is 3.54. The maximum Gasteiger partial charge on any atom is 0.274 e. The van der Waals surface area contributed by atoms with Gasteiger partial charge in [-0.15, -0.1) is 10.2 Å². The lowest BCUT2D eigenvalue weighted by Gasteiger charge is -2.15. The number of likely N-dealkylation sites (tertiary alicyclic amines) is 1. The van der Waals surface area contributed by atoms with Crippen LogP contribution in [0.2, 0.25) is 0 Å². The number of hydrogen-bond acceptors (Lipinski definition) is 4. The van der Waals surface area contributed by atoms with Crippen LogP contribution in [-0.4, -0.2) is 40.6 Å². The molecule has 0 saturated carbocycles. The Hall–Kier alpha value is -1.65. The molecule has 1 aliphatic rings. The second kappa shape index (κ2) is 5.33. The van der Waals surface area contributed by atoms with Gasteiger partial charge in [-0.2, -0.15) is 0 Å². The second-order valence-corrected chi connectivity index (χ2v) is 5.00. The van der Waals surface area contributed by atoms with E-state index in [0.717, 1.165) is 19.6 Å². The third-order valence-electron chi connectivity index (χ3n) is 3.52. The molecule has 1 aromatic rings. The van der Waals surface area contributed by atoms with Gasteiger partial charge in [0.25, 0.3) is 5.91 Å². The van der Waals surface area contributed by atoms with Crippen molar-refractivity contribution < 1.29 is 4.79 Å². The van der Waals surface area contributed by atoms with Crippen molar-refractivity contribution in [3.63, 3.8) is 0 Å². The molecule has 2 rings (SSSR count). The first-order chi connectivity index (χ1) is 8.61. The first-order valence-corrected chi connectivity index (χ1v) is 6.48. The fraction of sp³-hybridized carbons (Fsp3) is 0.615. The van der Waals surface area contributed by atoms with Crippen molar-refractivity contribution in [1.82, 2.24) is 15.1 Å². The van der Waals surface area contributed by atoms with Gasteiger partial charge in [0.05, 0.1) is 0 Å². The summed E-state index contributed by atoms with van der Waals surface area (Å²) in [7, 11) is 0. The predicted octanol–water partition coefficient (Wildman–Crippen LogP) is 1.64. The highest BCUT2D eigenvalue weighted by Gasteiger charge is 2.30. The minimum absolute atomic E-state index is 0.0123. The van der Waals surface area contributed by atoms with E-state index in [2.05, 4.69) is 29.4 Å². The molecule has 1 saturated heterocycles. The van der Waals surface area contributed by atoms with Crippen molar-refractivity contribution in [3.05, 3.63) is 17.8 Å². The lowest BCUT2D eigenvalue weighted by Crippen LogP contribution is -2.29. The summed E-state index contributed by atoms with van der Waals surface area (Å²) in [6.07, 6.45) is 0. The lowest BCUT2D eigenvalue weighted by molar-refractivity contribution is 0.0778. The fourth-order valence-electron chi connectivity index (χ4n) is 2.18. The van der Waals surface area contributed by atoms with Crippen LogP contribution in [0.3, 0.4) is 0 Å². The van der Waals surface area contributed by atoms with E-state index in [1.165, 1.54) is 0 Å². The molecule has 1 aliphatic heterocycles. The van der Waals surface area contributed by atoms with E-state index in [-0.39, 0.29) is 5.91 Å².